The zero-order chi connectivity index (χ0) is 28.2. The Morgan fingerprint density at radius 1 is 1.21 bits per heavy atom. The molecule has 0 aliphatic carbocycles. The average molecular weight is 544 g/mol. The summed E-state index contributed by atoms with van der Waals surface area (Å²) in [5.41, 5.74) is 0.499. The second-order valence-electron chi connectivity index (χ2n) is 11.1. The Labute approximate surface area is 228 Å². The summed E-state index contributed by atoms with van der Waals surface area (Å²) < 4.78 is 31.6. The third-order valence-electron chi connectivity index (χ3n) is 7.01. The van der Waals surface area contributed by atoms with Crippen LogP contribution in [0.15, 0.2) is 36.5 Å². The fraction of sp³-hybridized carbons (Fsp3) is 0.571. The number of carbonyl (C=O) groups excluding carboxylic acids is 2. The third-order valence-corrected chi connectivity index (χ3v) is 7.01. The summed E-state index contributed by atoms with van der Waals surface area (Å²) in [5, 5.41) is 3.26. The van der Waals surface area contributed by atoms with Gasteiger partial charge in [0.25, 0.3) is 0 Å². The standard InChI is InChI=1S/C28H38FN5O5/c1-18(21-11-13-33(14-12-21)26(35)37-16-20-9-7-6-8-10-20)31-25-30-15-22(29)24(32-25)34-23(17-38-27(34)36)19(2)39-28(3,4)5/h6-10,15,18-19,21,23H,11-14,16-17H2,1-5H3,(H,30,31,32)/t18-,19-,23+/m0/s1. The van der Waals surface area contributed by atoms with Gasteiger partial charge in [0.1, 0.15) is 19.3 Å². The molecule has 0 spiro atoms. The van der Waals surface area contributed by atoms with Gasteiger partial charge in [0.05, 0.1) is 17.9 Å². The van der Waals surface area contributed by atoms with E-state index >= 15 is 0 Å². The van der Waals surface area contributed by atoms with Crippen molar-refractivity contribution in [2.45, 2.75) is 77.9 Å². The van der Waals surface area contributed by atoms with Crippen molar-refractivity contribution in [3.8, 4) is 0 Å². The van der Waals surface area contributed by atoms with E-state index in [4.69, 9.17) is 14.2 Å². The molecule has 2 amide bonds. The highest BCUT2D eigenvalue weighted by Gasteiger charge is 2.42. The van der Waals surface area contributed by atoms with Crippen LogP contribution in [0.1, 0.15) is 53.0 Å². The maximum atomic E-state index is 14.9. The van der Waals surface area contributed by atoms with Gasteiger partial charge >= 0.3 is 12.2 Å². The minimum Gasteiger partial charge on any atom is -0.447 e. The monoisotopic (exact) mass is 543 g/mol. The van der Waals surface area contributed by atoms with E-state index < -0.39 is 29.7 Å². The lowest BCUT2D eigenvalue weighted by atomic mass is 9.90. The van der Waals surface area contributed by atoms with Crippen LogP contribution in [-0.4, -0.2) is 70.5 Å². The van der Waals surface area contributed by atoms with Gasteiger partial charge in [-0.25, -0.2) is 23.9 Å². The number of piperidine rings is 1. The van der Waals surface area contributed by atoms with Crippen LogP contribution in [0.4, 0.5) is 25.7 Å². The molecule has 11 heteroatoms. The van der Waals surface area contributed by atoms with Crippen LogP contribution in [-0.2, 0) is 20.8 Å². The first-order valence-corrected chi connectivity index (χ1v) is 13.4. The fourth-order valence-corrected chi connectivity index (χ4v) is 4.97. The Morgan fingerprint density at radius 3 is 2.56 bits per heavy atom. The van der Waals surface area contributed by atoms with Crippen molar-refractivity contribution in [1.29, 1.82) is 0 Å². The lowest BCUT2D eigenvalue weighted by Crippen LogP contribution is -2.45. The quantitative estimate of drug-likeness (QED) is 0.496. The van der Waals surface area contributed by atoms with Crippen molar-refractivity contribution in [2.75, 3.05) is 29.9 Å². The Bertz CT molecular complexity index is 1140. The number of nitrogens with zero attached hydrogens (tertiary/aromatic N) is 4. The zero-order valence-corrected chi connectivity index (χ0v) is 23.2. The average Bonchev–Trinajstić information content (AvgIpc) is 3.29. The van der Waals surface area contributed by atoms with Gasteiger partial charge in [0.15, 0.2) is 11.6 Å². The molecule has 2 aliphatic rings. The topological polar surface area (TPSA) is 106 Å². The summed E-state index contributed by atoms with van der Waals surface area (Å²) >= 11 is 0. The van der Waals surface area contributed by atoms with Crippen LogP contribution in [0.25, 0.3) is 0 Å². The van der Waals surface area contributed by atoms with E-state index in [1.807, 2.05) is 65.0 Å². The van der Waals surface area contributed by atoms with E-state index in [0.29, 0.717) is 13.1 Å². The Morgan fingerprint density at radius 2 is 1.90 bits per heavy atom. The molecule has 3 atom stereocenters. The molecule has 1 aromatic heterocycles. The molecule has 0 saturated carbocycles. The van der Waals surface area contributed by atoms with Crippen molar-refractivity contribution < 1.29 is 28.2 Å². The van der Waals surface area contributed by atoms with Crippen LogP contribution in [0.3, 0.4) is 0 Å². The highest BCUT2D eigenvalue weighted by Crippen LogP contribution is 2.29. The summed E-state index contributed by atoms with van der Waals surface area (Å²) in [7, 11) is 0. The SMILES string of the molecule is C[C@H](Nc1ncc(F)c(N2C(=O)OC[C@@H]2[C@H](C)OC(C)(C)C)n1)C1CCN(C(=O)OCc2ccccc2)CC1. The molecule has 2 aromatic rings. The number of hydrogen-bond acceptors (Lipinski definition) is 8. The number of amides is 2. The number of aromatic nitrogens is 2. The Hall–Kier alpha value is -3.47. The number of rotatable bonds is 8. The van der Waals surface area contributed by atoms with Crippen LogP contribution in [0.5, 0.6) is 0 Å². The van der Waals surface area contributed by atoms with E-state index in [-0.39, 0.29) is 43.0 Å². The van der Waals surface area contributed by atoms with Gasteiger partial charge in [-0.1, -0.05) is 30.3 Å². The predicted octanol–water partition coefficient (Wildman–Crippen LogP) is 4.99. The molecule has 212 valence electrons. The van der Waals surface area contributed by atoms with E-state index in [9.17, 15) is 14.0 Å². The minimum atomic E-state index is -0.720. The molecular formula is C28H38FN5O5. The third kappa shape index (κ3) is 7.35. The molecule has 0 radical (unpaired) electrons. The van der Waals surface area contributed by atoms with Gasteiger partial charge in [0.2, 0.25) is 5.95 Å². The first-order valence-electron chi connectivity index (χ1n) is 13.4. The first-order chi connectivity index (χ1) is 18.5. The summed E-state index contributed by atoms with van der Waals surface area (Å²) in [4.78, 5) is 36.4. The summed E-state index contributed by atoms with van der Waals surface area (Å²) in [5.74, 6) is -0.411. The van der Waals surface area contributed by atoms with E-state index in [2.05, 4.69) is 15.3 Å². The Kier molecular flexibility index (Phi) is 8.89. The first kappa shape index (κ1) is 28.5. The van der Waals surface area contributed by atoms with Crippen LogP contribution < -0.4 is 10.2 Å². The van der Waals surface area contributed by atoms with Crippen molar-refractivity contribution in [1.82, 2.24) is 14.9 Å². The molecule has 3 heterocycles. The second-order valence-corrected chi connectivity index (χ2v) is 11.1. The number of likely N-dealkylation sites (tertiary alicyclic amines) is 1. The minimum absolute atomic E-state index is 0.0460. The van der Waals surface area contributed by atoms with Gasteiger partial charge in [-0.3, -0.25) is 0 Å². The largest absolute Gasteiger partial charge is 0.447 e. The zero-order valence-electron chi connectivity index (χ0n) is 23.2. The smallest absolute Gasteiger partial charge is 0.416 e. The molecule has 2 fully saturated rings. The maximum Gasteiger partial charge on any atom is 0.416 e. The second kappa shape index (κ2) is 12.1. The van der Waals surface area contributed by atoms with Gasteiger partial charge in [-0.2, -0.15) is 4.98 Å². The molecule has 1 aromatic carbocycles. The number of hydrogen-bond donors (Lipinski definition) is 1. The summed E-state index contributed by atoms with van der Waals surface area (Å²) in [6.45, 7) is 11.1. The number of anilines is 2. The highest BCUT2D eigenvalue weighted by molar-refractivity contribution is 5.89. The lowest BCUT2D eigenvalue weighted by Gasteiger charge is -2.34. The fourth-order valence-electron chi connectivity index (χ4n) is 4.97. The van der Waals surface area contributed by atoms with E-state index in [0.717, 1.165) is 24.6 Å². The van der Waals surface area contributed by atoms with Crippen LogP contribution in [0.2, 0.25) is 0 Å². The Balaban J connectivity index is 1.34. The van der Waals surface area contributed by atoms with Crippen molar-refractivity contribution in [3.05, 3.63) is 47.9 Å². The number of cyclic esters (lactones) is 1. The number of nitrogens with one attached hydrogen (secondary N) is 1. The molecule has 0 unspecified atom stereocenters. The molecular weight excluding hydrogens is 505 g/mol. The van der Waals surface area contributed by atoms with Gasteiger partial charge in [-0.05, 0) is 58.9 Å². The van der Waals surface area contributed by atoms with Crippen LogP contribution in [0, 0.1) is 11.7 Å². The van der Waals surface area contributed by atoms with Crippen molar-refractivity contribution in [3.63, 3.8) is 0 Å². The maximum absolute atomic E-state index is 14.9. The molecule has 10 nitrogen and oxygen atoms in total. The number of benzene rings is 1. The number of carbonyl (C=O) groups is 2. The molecule has 4 rings (SSSR count). The van der Waals surface area contributed by atoms with Gasteiger partial charge < -0.3 is 24.4 Å². The lowest BCUT2D eigenvalue weighted by molar-refractivity contribution is -0.0618. The number of halogens is 1. The molecule has 2 saturated heterocycles. The van der Waals surface area contributed by atoms with Gasteiger partial charge in [-0.15, -0.1) is 0 Å². The van der Waals surface area contributed by atoms with E-state index in [1.54, 1.807) is 4.90 Å². The van der Waals surface area contributed by atoms with Crippen LogP contribution >= 0.6 is 0 Å². The molecule has 1 N–H and O–H groups in total. The van der Waals surface area contributed by atoms with Crippen molar-refractivity contribution in [2.24, 2.45) is 5.92 Å². The molecule has 0 bridgehead atoms. The van der Waals surface area contributed by atoms with Gasteiger partial charge in [0, 0.05) is 19.1 Å². The summed E-state index contributed by atoms with van der Waals surface area (Å²) in [6.07, 6.45) is 1.19. The van der Waals surface area contributed by atoms with Crippen molar-refractivity contribution >= 4 is 24.0 Å². The molecule has 2 aliphatic heterocycles. The number of ether oxygens (including phenoxy) is 3. The highest BCUT2D eigenvalue weighted by atomic mass is 19.1. The normalized spacial score (nSPS) is 19.9. The molecule has 39 heavy (non-hydrogen) atoms. The predicted molar refractivity (Wildman–Crippen MR) is 144 cm³/mol. The summed E-state index contributed by atoms with van der Waals surface area (Å²) in [6, 6.07) is 9.00. The van der Waals surface area contributed by atoms with E-state index in [1.165, 1.54) is 4.90 Å².